The van der Waals surface area contributed by atoms with E-state index in [1.165, 1.54) is 18.2 Å². The van der Waals surface area contributed by atoms with E-state index in [1.54, 1.807) is 6.07 Å². The molecule has 0 amide bonds. The van der Waals surface area contributed by atoms with Crippen LogP contribution in [0.1, 0.15) is 0 Å². The highest BCUT2D eigenvalue weighted by molar-refractivity contribution is 9.11. The molecule has 11 heteroatoms. The van der Waals surface area contributed by atoms with Gasteiger partial charge in [-0.2, -0.15) is 30.7 Å². The largest absolute Gasteiger partial charge is 0.460 e. The lowest BCUT2D eigenvalue weighted by Crippen LogP contribution is -2.49. The zero-order chi connectivity index (χ0) is 19.9. The molecule has 0 heterocycles. The topological polar surface area (TPSA) is 0 Å². The summed E-state index contributed by atoms with van der Waals surface area (Å²) in [5.74, 6) is -6.24. The lowest BCUT2D eigenvalue weighted by Gasteiger charge is -2.28. The van der Waals surface area contributed by atoms with Crippen LogP contribution in [-0.2, 0) is 0 Å². The van der Waals surface area contributed by atoms with E-state index in [1.807, 2.05) is 0 Å². The third-order valence-electron chi connectivity index (χ3n) is 3.06. The molecule has 0 atom stereocenters. The average Bonchev–Trinajstić information content (AvgIpc) is 2.46. The van der Waals surface area contributed by atoms with E-state index >= 15 is 0 Å². The van der Waals surface area contributed by atoms with Gasteiger partial charge in [0.05, 0.1) is 0 Å². The van der Waals surface area contributed by atoms with Crippen LogP contribution in [0.15, 0.2) is 44.2 Å². The van der Waals surface area contributed by atoms with Crippen LogP contribution in [0, 0.1) is 6.07 Å². The molecule has 0 saturated carbocycles. The van der Waals surface area contributed by atoms with E-state index in [9.17, 15) is 30.7 Å². The van der Waals surface area contributed by atoms with Crippen molar-refractivity contribution in [2.75, 3.05) is 0 Å². The van der Waals surface area contributed by atoms with Gasteiger partial charge in [-0.05, 0) is 39.8 Å². The first-order valence-corrected chi connectivity index (χ1v) is 9.23. The standard InChI is InChI=1S/C15H5Br2ClF7S/c16-7-5-9(17)12(8-3-1-2-4-10(8)18)11(6-7)26-15(24,25)13(19,20)14(21,22)23/h1-4,6H. The Bertz CT molecular complexity index is 824. The molecule has 0 N–H and O–H groups in total. The number of benzene rings is 2. The quantitative estimate of drug-likeness (QED) is 0.276. The van der Waals surface area contributed by atoms with Gasteiger partial charge in [-0.15, -0.1) is 0 Å². The van der Waals surface area contributed by atoms with Gasteiger partial charge in [0.25, 0.3) is 0 Å². The van der Waals surface area contributed by atoms with Gasteiger partial charge >= 0.3 is 17.4 Å². The van der Waals surface area contributed by atoms with Gasteiger partial charge in [-0.3, -0.25) is 0 Å². The molecule has 0 bridgehead atoms. The second kappa shape index (κ2) is 7.52. The van der Waals surface area contributed by atoms with Crippen molar-refractivity contribution < 1.29 is 30.7 Å². The summed E-state index contributed by atoms with van der Waals surface area (Å²) in [6, 6.07) is 9.51. The van der Waals surface area contributed by atoms with Gasteiger partial charge in [-0.25, -0.2) is 0 Å². The van der Waals surface area contributed by atoms with Gasteiger partial charge in [-0.1, -0.05) is 45.7 Å². The summed E-state index contributed by atoms with van der Waals surface area (Å²) >= 11 is 11.1. The number of alkyl halides is 7. The lowest BCUT2D eigenvalue weighted by molar-refractivity contribution is -0.330. The van der Waals surface area contributed by atoms with Crippen LogP contribution >= 0.6 is 55.2 Å². The Morgan fingerprint density at radius 3 is 2.08 bits per heavy atom. The fraction of sp³-hybridized carbons (Fsp3) is 0.200. The molecule has 0 unspecified atom stereocenters. The summed E-state index contributed by atoms with van der Waals surface area (Å²) in [6.45, 7) is 0. The van der Waals surface area contributed by atoms with E-state index in [0.717, 1.165) is 6.07 Å². The Hall–Kier alpha value is -0.450. The molecule has 141 valence electrons. The molecule has 2 rings (SSSR count). The van der Waals surface area contributed by atoms with Crippen molar-refractivity contribution in [3.8, 4) is 11.1 Å². The maximum atomic E-state index is 13.9. The number of thioether (sulfide) groups is 1. The molecule has 0 aliphatic heterocycles. The van der Waals surface area contributed by atoms with Crippen LogP contribution < -0.4 is 0 Å². The highest BCUT2D eigenvalue weighted by atomic mass is 79.9. The second-order valence-corrected chi connectivity index (χ2v) is 8.05. The van der Waals surface area contributed by atoms with Crippen LogP contribution in [0.5, 0.6) is 0 Å². The fourth-order valence-corrected chi connectivity index (χ4v) is 4.72. The molecule has 1 radical (unpaired) electrons. The van der Waals surface area contributed by atoms with Crippen molar-refractivity contribution >= 4 is 55.2 Å². The van der Waals surface area contributed by atoms with Crippen LogP contribution in [-0.4, -0.2) is 17.4 Å². The molecule has 0 saturated heterocycles. The van der Waals surface area contributed by atoms with E-state index in [2.05, 4.69) is 37.9 Å². The van der Waals surface area contributed by atoms with Crippen molar-refractivity contribution in [2.24, 2.45) is 0 Å². The Kier molecular flexibility index (Phi) is 6.32. The number of halogens is 10. The van der Waals surface area contributed by atoms with E-state index in [4.69, 9.17) is 11.6 Å². The van der Waals surface area contributed by atoms with E-state index in [0.29, 0.717) is 0 Å². The normalized spacial score (nSPS) is 13.2. The Balaban J connectivity index is 2.63. The van der Waals surface area contributed by atoms with Crippen molar-refractivity contribution in [3.63, 3.8) is 0 Å². The molecule has 2 aromatic carbocycles. The van der Waals surface area contributed by atoms with Gasteiger partial charge in [0, 0.05) is 36.1 Å². The van der Waals surface area contributed by atoms with E-state index < -0.39 is 34.0 Å². The fourth-order valence-electron chi connectivity index (χ4n) is 1.86. The van der Waals surface area contributed by atoms with Gasteiger partial charge in [0.1, 0.15) is 0 Å². The van der Waals surface area contributed by atoms with Gasteiger partial charge in [0.15, 0.2) is 0 Å². The molecule has 26 heavy (non-hydrogen) atoms. The minimum Gasteiger partial charge on any atom is -0.188 e. The molecule has 0 aromatic heterocycles. The third kappa shape index (κ3) is 4.18. The zero-order valence-corrected chi connectivity index (χ0v) is 16.8. The van der Waals surface area contributed by atoms with Crippen LogP contribution in [0.2, 0.25) is 5.02 Å². The molecule has 0 spiro atoms. The summed E-state index contributed by atoms with van der Waals surface area (Å²) in [5, 5.41) is -5.36. The molecule has 0 aliphatic carbocycles. The second-order valence-electron chi connectivity index (χ2n) is 4.84. The van der Waals surface area contributed by atoms with Crippen LogP contribution in [0.25, 0.3) is 11.1 Å². The Morgan fingerprint density at radius 1 is 0.962 bits per heavy atom. The highest BCUT2D eigenvalue weighted by Gasteiger charge is 2.73. The molecule has 2 aromatic rings. The third-order valence-corrected chi connectivity index (χ3v) is 5.46. The van der Waals surface area contributed by atoms with Crippen molar-refractivity contribution in [1.82, 2.24) is 0 Å². The monoisotopic (exact) mass is 543 g/mol. The Morgan fingerprint density at radius 2 is 1.54 bits per heavy atom. The minimum atomic E-state index is -6.41. The molecule has 0 fully saturated rings. The first kappa shape index (κ1) is 21.8. The van der Waals surface area contributed by atoms with Crippen molar-refractivity contribution in [1.29, 1.82) is 0 Å². The van der Waals surface area contributed by atoms with Crippen molar-refractivity contribution in [2.45, 2.75) is 22.2 Å². The summed E-state index contributed by atoms with van der Waals surface area (Å²) in [7, 11) is 0. The number of rotatable bonds is 4. The lowest BCUT2D eigenvalue weighted by atomic mass is 10.1. The Labute approximate surface area is 169 Å². The minimum absolute atomic E-state index is 0.0635. The predicted octanol–water partition coefficient (Wildman–Crippen LogP) is 8.21. The summed E-state index contributed by atoms with van der Waals surface area (Å²) in [6.07, 6.45) is -6.41. The molecule has 0 nitrogen and oxygen atoms in total. The van der Waals surface area contributed by atoms with Gasteiger partial charge in [0.2, 0.25) is 0 Å². The molecular weight excluding hydrogens is 540 g/mol. The van der Waals surface area contributed by atoms with Crippen LogP contribution in [0.3, 0.4) is 0 Å². The number of hydrogen-bond donors (Lipinski definition) is 0. The average molecular weight is 546 g/mol. The van der Waals surface area contributed by atoms with Crippen LogP contribution in [0.4, 0.5) is 30.7 Å². The smallest absolute Gasteiger partial charge is 0.188 e. The van der Waals surface area contributed by atoms with Gasteiger partial charge < -0.3 is 0 Å². The predicted molar refractivity (Wildman–Crippen MR) is 92.9 cm³/mol. The maximum Gasteiger partial charge on any atom is 0.460 e. The summed E-state index contributed by atoms with van der Waals surface area (Å²) < 4.78 is 91.5. The summed E-state index contributed by atoms with van der Waals surface area (Å²) in [4.78, 5) is -0.537. The summed E-state index contributed by atoms with van der Waals surface area (Å²) in [5.41, 5.74) is 0.0832. The molecule has 0 aliphatic rings. The van der Waals surface area contributed by atoms with E-state index in [-0.39, 0.29) is 25.1 Å². The first-order valence-electron chi connectivity index (χ1n) is 6.45. The highest BCUT2D eigenvalue weighted by Crippen LogP contribution is 2.56. The van der Waals surface area contributed by atoms with Crippen molar-refractivity contribution in [3.05, 3.63) is 50.4 Å². The zero-order valence-electron chi connectivity index (χ0n) is 12.1. The first-order chi connectivity index (χ1) is 11.8. The maximum absolute atomic E-state index is 13.9. The molecular formula is C15H5Br2ClF7S. The number of hydrogen-bond acceptors (Lipinski definition) is 1. The SMILES string of the molecule is FC(F)(F)C(F)(F)C(F)(F)Sc1cc(Br)[c]c(Br)c1-c1ccccc1Cl.